The van der Waals surface area contributed by atoms with Crippen LogP contribution in [0.5, 0.6) is 0 Å². The van der Waals surface area contributed by atoms with Crippen molar-refractivity contribution in [3.05, 3.63) is 11.4 Å². The van der Waals surface area contributed by atoms with E-state index >= 15 is 0 Å². The fourth-order valence-corrected chi connectivity index (χ4v) is 1.38. The van der Waals surface area contributed by atoms with Gasteiger partial charge in [-0.3, -0.25) is 4.79 Å². The summed E-state index contributed by atoms with van der Waals surface area (Å²) in [5.41, 5.74) is -1.11. The van der Waals surface area contributed by atoms with E-state index in [1.165, 1.54) is 6.92 Å². The molecular formula is C10H14F2N4O3. The first-order valence-corrected chi connectivity index (χ1v) is 5.60. The Balaban J connectivity index is 2.87. The minimum atomic E-state index is -2.91. The normalized spacial score (nSPS) is 10.6. The fourth-order valence-electron chi connectivity index (χ4n) is 1.38. The van der Waals surface area contributed by atoms with Gasteiger partial charge in [0.25, 0.3) is 6.43 Å². The molecule has 0 bridgehead atoms. The zero-order valence-electron chi connectivity index (χ0n) is 10.5. The summed E-state index contributed by atoms with van der Waals surface area (Å²) in [7, 11) is 0. The van der Waals surface area contributed by atoms with E-state index in [1.807, 2.05) is 0 Å². The predicted molar refractivity (Wildman–Crippen MR) is 59.6 cm³/mol. The highest BCUT2D eigenvalue weighted by molar-refractivity contribution is 5.88. The Morgan fingerprint density at radius 1 is 1.47 bits per heavy atom. The van der Waals surface area contributed by atoms with Crippen molar-refractivity contribution in [3.63, 3.8) is 0 Å². The largest absolute Gasteiger partial charge is 0.461 e. The number of carbonyl (C=O) groups is 2. The highest BCUT2D eigenvalue weighted by atomic mass is 19.3. The Kier molecular flexibility index (Phi) is 5.34. The van der Waals surface area contributed by atoms with Crippen LogP contribution in [0.2, 0.25) is 0 Å². The molecular weight excluding hydrogens is 262 g/mol. The number of ether oxygens (including phenoxy) is 1. The molecule has 0 aliphatic rings. The maximum atomic E-state index is 12.9. The number of nitrogens with zero attached hydrogens (tertiary/aromatic N) is 3. The molecule has 0 radical (unpaired) electrons. The van der Waals surface area contributed by atoms with Crippen molar-refractivity contribution < 1.29 is 23.1 Å². The summed E-state index contributed by atoms with van der Waals surface area (Å²) in [6.45, 7) is 3.02. The van der Waals surface area contributed by atoms with Gasteiger partial charge in [-0.1, -0.05) is 5.21 Å². The molecule has 1 aromatic rings. The van der Waals surface area contributed by atoms with E-state index in [0.717, 1.165) is 4.68 Å². The number of nitrogens with one attached hydrogen (secondary N) is 1. The summed E-state index contributed by atoms with van der Waals surface area (Å²) >= 11 is 0. The average Bonchev–Trinajstić information content (AvgIpc) is 2.73. The van der Waals surface area contributed by atoms with E-state index in [0.29, 0.717) is 0 Å². The SMILES string of the molecule is CCOC(=O)c1nnn(CCNC(C)=O)c1C(F)F. The van der Waals surface area contributed by atoms with Gasteiger partial charge in [-0.15, -0.1) is 5.10 Å². The van der Waals surface area contributed by atoms with Crippen molar-refractivity contribution in [3.8, 4) is 0 Å². The number of alkyl halides is 2. The molecule has 0 fully saturated rings. The Hall–Kier alpha value is -2.06. The molecule has 0 saturated heterocycles. The Morgan fingerprint density at radius 2 is 2.16 bits per heavy atom. The first kappa shape index (κ1) is 15.0. The van der Waals surface area contributed by atoms with Crippen LogP contribution in [0.15, 0.2) is 0 Å². The summed E-state index contributed by atoms with van der Waals surface area (Å²) in [5.74, 6) is -1.23. The van der Waals surface area contributed by atoms with Gasteiger partial charge in [0, 0.05) is 13.5 Å². The second kappa shape index (κ2) is 6.76. The second-order valence-electron chi connectivity index (χ2n) is 3.55. The molecule has 0 spiro atoms. The van der Waals surface area contributed by atoms with Crippen LogP contribution >= 0.6 is 0 Å². The van der Waals surface area contributed by atoms with Crippen LogP contribution in [-0.2, 0) is 16.1 Å². The fraction of sp³-hybridized carbons (Fsp3) is 0.600. The van der Waals surface area contributed by atoms with E-state index in [1.54, 1.807) is 6.92 Å². The number of aromatic nitrogens is 3. The van der Waals surface area contributed by atoms with Crippen LogP contribution in [0.4, 0.5) is 8.78 Å². The lowest BCUT2D eigenvalue weighted by Gasteiger charge is -2.07. The summed E-state index contributed by atoms with van der Waals surface area (Å²) < 4.78 is 31.3. The summed E-state index contributed by atoms with van der Waals surface area (Å²) in [6.07, 6.45) is -2.91. The summed E-state index contributed by atoms with van der Waals surface area (Å²) in [5, 5.41) is 9.31. The van der Waals surface area contributed by atoms with Crippen LogP contribution in [0.1, 0.15) is 36.5 Å². The number of carbonyl (C=O) groups excluding carboxylic acids is 2. The monoisotopic (exact) mass is 276 g/mol. The van der Waals surface area contributed by atoms with Gasteiger partial charge < -0.3 is 10.1 Å². The number of halogens is 2. The number of hydrogen-bond donors (Lipinski definition) is 1. The number of hydrogen-bond acceptors (Lipinski definition) is 5. The molecule has 1 rings (SSSR count). The first-order valence-electron chi connectivity index (χ1n) is 5.60. The minimum Gasteiger partial charge on any atom is -0.461 e. The van der Waals surface area contributed by atoms with Crippen molar-refractivity contribution in [2.24, 2.45) is 0 Å². The lowest BCUT2D eigenvalue weighted by molar-refractivity contribution is -0.119. The Bertz CT molecular complexity index is 462. The molecule has 1 heterocycles. The van der Waals surface area contributed by atoms with Crippen LogP contribution in [0, 0.1) is 0 Å². The zero-order chi connectivity index (χ0) is 14.4. The molecule has 1 amide bonds. The quantitative estimate of drug-likeness (QED) is 0.766. The van der Waals surface area contributed by atoms with E-state index in [4.69, 9.17) is 0 Å². The molecule has 0 unspecified atom stereocenters. The van der Waals surface area contributed by atoms with Gasteiger partial charge in [-0.25, -0.2) is 18.3 Å². The van der Waals surface area contributed by atoms with Crippen molar-refractivity contribution in [1.29, 1.82) is 0 Å². The topological polar surface area (TPSA) is 86.1 Å². The van der Waals surface area contributed by atoms with Crippen molar-refractivity contribution in [2.75, 3.05) is 13.2 Å². The van der Waals surface area contributed by atoms with E-state index in [9.17, 15) is 18.4 Å². The lowest BCUT2D eigenvalue weighted by atomic mass is 10.3. The number of esters is 1. The molecule has 0 aromatic carbocycles. The van der Waals surface area contributed by atoms with Gasteiger partial charge >= 0.3 is 5.97 Å². The van der Waals surface area contributed by atoms with Crippen LogP contribution in [-0.4, -0.2) is 40.0 Å². The summed E-state index contributed by atoms with van der Waals surface area (Å²) in [4.78, 5) is 22.1. The lowest BCUT2D eigenvalue weighted by Crippen LogP contribution is -2.25. The van der Waals surface area contributed by atoms with Gasteiger partial charge in [0.2, 0.25) is 5.91 Å². The van der Waals surface area contributed by atoms with Gasteiger partial charge in [-0.2, -0.15) is 0 Å². The van der Waals surface area contributed by atoms with Crippen molar-refractivity contribution in [2.45, 2.75) is 26.8 Å². The van der Waals surface area contributed by atoms with Crippen molar-refractivity contribution >= 4 is 11.9 Å². The van der Waals surface area contributed by atoms with Crippen LogP contribution in [0.25, 0.3) is 0 Å². The molecule has 7 nitrogen and oxygen atoms in total. The Morgan fingerprint density at radius 3 is 2.68 bits per heavy atom. The highest BCUT2D eigenvalue weighted by Gasteiger charge is 2.27. The van der Waals surface area contributed by atoms with Gasteiger partial charge in [0.05, 0.1) is 13.2 Å². The van der Waals surface area contributed by atoms with Gasteiger partial charge in [0.15, 0.2) is 5.69 Å². The number of amides is 1. The Labute approximate surface area is 107 Å². The average molecular weight is 276 g/mol. The highest BCUT2D eigenvalue weighted by Crippen LogP contribution is 2.21. The van der Waals surface area contributed by atoms with E-state index in [2.05, 4.69) is 20.4 Å². The smallest absolute Gasteiger partial charge is 0.361 e. The molecule has 9 heteroatoms. The van der Waals surface area contributed by atoms with Crippen molar-refractivity contribution in [1.82, 2.24) is 20.3 Å². The molecule has 0 aliphatic heterocycles. The predicted octanol–water partition coefficient (Wildman–Crippen LogP) is 0.528. The van der Waals surface area contributed by atoms with Gasteiger partial charge in [-0.05, 0) is 6.92 Å². The zero-order valence-corrected chi connectivity index (χ0v) is 10.5. The second-order valence-corrected chi connectivity index (χ2v) is 3.55. The first-order chi connectivity index (χ1) is 8.97. The minimum absolute atomic E-state index is 0.00828. The molecule has 0 atom stereocenters. The van der Waals surface area contributed by atoms with Crippen LogP contribution in [0.3, 0.4) is 0 Å². The molecule has 1 N–H and O–H groups in total. The maximum absolute atomic E-state index is 12.9. The summed E-state index contributed by atoms with van der Waals surface area (Å²) in [6, 6.07) is 0. The van der Waals surface area contributed by atoms with Gasteiger partial charge in [0.1, 0.15) is 5.69 Å². The number of rotatable bonds is 6. The van der Waals surface area contributed by atoms with E-state index < -0.39 is 23.8 Å². The standard InChI is InChI=1S/C10H14F2N4O3/c1-3-19-10(18)7-8(9(11)12)16(15-14-7)5-4-13-6(2)17/h9H,3-5H2,1-2H3,(H,13,17). The van der Waals surface area contributed by atoms with E-state index in [-0.39, 0.29) is 25.6 Å². The third kappa shape index (κ3) is 3.97. The molecule has 0 saturated carbocycles. The molecule has 19 heavy (non-hydrogen) atoms. The third-order valence-corrected chi connectivity index (χ3v) is 2.15. The molecule has 0 aliphatic carbocycles. The maximum Gasteiger partial charge on any atom is 0.361 e. The van der Waals surface area contributed by atoms with Crippen LogP contribution < -0.4 is 5.32 Å². The molecule has 106 valence electrons. The molecule has 1 aromatic heterocycles. The third-order valence-electron chi connectivity index (χ3n) is 2.15.